The van der Waals surface area contributed by atoms with Crippen LogP contribution < -0.4 is 5.56 Å². The highest BCUT2D eigenvalue weighted by Crippen LogP contribution is 2.25. The number of fused-ring (bicyclic) bond motifs is 1. The Hall–Kier alpha value is -2.59. The summed E-state index contributed by atoms with van der Waals surface area (Å²) >= 11 is 4.76. The van der Waals surface area contributed by atoms with Crippen molar-refractivity contribution >= 4 is 33.3 Å². The van der Waals surface area contributed by atoms with Crippen molar-refractivity contribution in [2.24, 2.45) is 0 Å². The second-order valence-electron chi connectivity index (χ2n) is 6.77. The molecule has 0 amide bonds. The molecule has 3 aromatic heterocycles. The van der Waals surface area contributed by atoms with Gasteiger partial charge in [0.25, 0.3) is 5.56 Å². The lowest BCUT2D eigenvalue weighted by Crippen LogP contribution is -2.14. The van der Waals surface area contributed by atoms with E-state index < -0.39 is 11.6 Å². The number of halogens is 3. The first kappa shape index (κ1) is 20.7. The first-order valence-electron chi connectivity index (χ1n) is 8.90. The molecule has 154 valence electrons. The SMILES string of the molecule is CSc1cnc2c(Cc3cc(F)c(C)cc3F)nc(-c3nc(Br)c(C)c(=O)[nH]3)cn12. The number of imidazole rings is 1. The van der Waals surface area contributed by atoms with Gasteiger partial charge in [0.15, 0.2) is 11.5 Å². The van der Waals surface area contributed by atoms with E-state index in [1.165, 1.54) is 30.8 Å². The highest BCUT2D eigenvalue weighted by atomic mass is 79.9. The lowest BCUT2D eigenvalue weighted by Gasteiger charge is -2.10. The largest absolute Gasteiger partial charge is 0.305 e. The number of H-pyrrole nitrogens is 1. The first-order valence-corrected chi connectivity index (χ1v) is 10.9. The first-order chi connectivity index (χ1) is 14.3. The molecule has 1 aromatic carbocycles. The third kappa shape index (κ3) is 3.65. The van der Waals surface area contributed by atoms with Gasteiger partial charge in [0.1, 0.15) is 21.9 Å². The van der Waals surface area contributed by atoms with Gasteiger partial charge in [-0.15, -0.1) is 11.8 Å². The molecule has 1 N–H and O–H groups in total. The molecule has 0 unspecified atom stereocenters. The van der Waals surface area contributed by atoms with Crippen LogP contribution in [0.3, 0.4) is 0 Å². The van der Waals surface area contributed by atoms with Crippen LogP contribution in [0, 0.1) is 25.5 Å². The number of nitrogens with one attached hydrogen (secondary N) is 1. The van der Waals surface area contributed by atoms with E-state index in [-0.39, 0.29) is 28.9 Å². The quantitative estimate of drug-likeness (QED) is 0.337. The molecular formula is C20H16BrF2N5OS. The average molecular weight is 492 g/mol. The molecule has 0 aliphatic rings. The molecule has 0 radical (unpaired) electrons. The molecule has 3 heterocycles. The summed E-state index contributed by atoms with van der Waals surface area (Å²) in [5.41, 5.74) is 1.91. The van der Waals surface area contributed by atoms with Crippen LogP contribution in [-0.2, 0) is 6.42 Å². The van der Waals surface area contributed by atoms with Crippen molar-refractivity contribution in [2.45, 2.75) is 25.3 Å². The summed E-state index contributed by atoms with van der Waals surface area (Å²) in [6.45, 7) is 3.16. The van der Waals surface area contributed by atoms with E-state index in [4.69, 9.17) is 0 Å². The Bertz CT molecular complexity index is 1350. The van der Waals surface area contributed by atoms with Crippen molar-refractivity contribution in [3.63, 3.8) is 0 Å². The number of hydrogen-bond acceptors (Lipinski definition) is 5. The summed E-state index contributed by atoms with van der Waals surface area (Å²) in [6.07, 6.45) is 5.33. The topological polar surface area (TPSA) is 75.9 Å². The van der Waals surface area contributed by atoms with Gasteiger partial charge in [-0.2, -0.15) is 0 Å². The second-order valence-corrected chi connectivity index (χ2v) is 8.34. The van der Waals surface area contributed by atoms with Crippen LogP contribution in [0.1, 0.15) is 22.4 Å². The number of aryl methyl sites for hydroxylation is 1. The lowest BCUT2D eigenvalue weighted by molar-refractivity contribution is 0.581. The number of benzene rings is 1. The summed E-state index contributed by atoms with van der Waals surface area (Å²) in [6, 6.07) is 2.34. The Labute approximate surface area is 182 Å². The zero-order chi connectivity index (χ0) is 21.6. The van der Waals surface area contributed by atoms with Crippen LogP contribution in [0.15, 0.2) is 39.0 Å². The molecule has 0 bridgehead atoms. The van der Waals surface area contributed by atoms with E-state index in [2.05, 4.69) is 35.9 Å². The minimum absolute atomic E-state index is 0.0302. The van der Waals surface area contributed by atoms with Gasteiger partial charge in [-0.05, 0) is 59.3 Å². The lowest BCUT2D eigenvalue weighted by atomic mass is 10.1. The normalized spacial score (nSPS) is 11.4. The van der Waals surface area contributed by atoms with Gasteiger partial charge >= 0.3 is 0 Å². The second kappa shape index (κ2) is 7.92. The Morgan fingerprint density at radius 3 is 2.67 bits per heavy atom. The van der Waals surface area contributed by atoms with Crippen molar-refractivity contribution in [1.29, 1.82) is 0 Å². The minimum Gasteiger partial charge on any atom is -0.305 e. The molecule has 0 aliphatic heterocycles. The molecule has 4 aromatic rings. The number of thioether (sulfide) groups is 1. The van der Waals surface area contributed by atoms with Gasteiger partial charge in [0.05, 0.1) is 16.9 Å². The fourth-order valence-electron chi connectivity index (χ4n) is 3.04. The van der Waals surface area contributed by atoms with Crippen molar-refractivity contribution < 1.29 is 8.78 Å². The van der Waals surface area contributed by atoms with Crippen LogP contribution >= 0.6 is 27.7 Å². The average Bonchev–Trinajstić information content (AvgIpc) is 3.13. The fourth-order valence-corrected chi connectivity index (χ4v) is 3.89. The Kier molecular flexibility index (Phi) is 5.46. The molecule has 10 heteroatoms. The Morgan fingerprint density at radius 2 is 1.97 bits per heavy atom. The van der Waals surface area contributed by atoms with E-state index >= 15 is 0 Å². The fraction of sp³-hybridized carbons (Fsp3) is 0.200. The number of aromatic amines is 1. The van der Waals surface area contributed by atoms with E-state index in [0.29, 0.717) is 27.2 Å². The zero-order valence-corrected chi connectivity index (χ0v) is 18.7. The highest BCUT2D eigenvalue weighted by molar-refractivity contribution is 9.10. The summed E-state index contributed by atoms with van der Waals surface area (Å²) in [4.78, 5) is 28.3. The van der Waals surface area contributed by atoms with Crippen molar-refractivity contribution in [3.05, 3.63) is 73.5 Å². The zero-order valence-electron chi connectivity index (χ0n) is 16.3. The summed E-state index contributed by atoms with van der Waals surface area (Å²) in [7, 11) is 0. The molecule has 0 saturated carbocycles. The summed E-state index contributed by atoms with van der Waals surface area (Å²) in [5.74, 6) is -0.738. The minimum atomic E-state index is -0.513. The maximum Gasteiger partial charge on any atom is 0.255 e. The van der Waals surface area contributed by atoms with Crippen LogP contribution in [0.2, 0.25) is 0 Å². The van der Waals surface area contributed by atoms with E-state index in [1.54, 1.807) is 23.7 Å². The van der Waals surface area contributed by atoms with Gasteiger partial charge in [-0.3, -0.25) is 9.20 Å². The monoisotopic (exact) mass is 491 g/mol. The molecule has 0 fully saturated rings. The number of aromatic nitrogens is 5. The molecule has 0 atom stereocenters. The maximum absolute atomic E-state index is 14.5. The van der Waals surface area contributed by atoms with Crippen molar-refractivity contribution in [3.8, 4) is 11.5 Å². The smallest absolute Gasteiger partial charge is 0.255 e. The van der Waals surface area contributed by atoms with Gasteiger partial charge < -0.3 is 4.98 Å². The highest BCUT2D eigenvalue weighted by Gasteiger charge is 2.17. The predicted octanol–water partition coefficient (Wildman–Crippen LogP) is 4.45. The Balaban J connectivity index is 1.92. The van der Waals surface area contributed by atoms with Gasteiger partial charge in [-0.1, -0.05) is 0 Å². The van der Waals surface area contributed by atoms with Gasteiger partial charge in [0, 0.05) is 18.2 Å². The molecule has 6 nitrogen and oxygen atoms in total. The predicted molar refractivity (Wildman–Crippen MR) is 115 cm³/mol. The van der Waals surface area contributed by atoms with Crippen LogP contribution in [0.4, 0.5) is 8.78 Å². The van der Waals surface area contributed by atoms with Crippen molar-refractivity contribution in [1.82, 2.24) is 24.3 Å². The van der Waals surface area contributed by atoms with Crippen molar-refractivity contribution in [2.75, 3.05) is 6.26 Å². The maximum atomic E-state index is 14.5. The summed E-state index contributed by atoms with van der Waals surface area (Å²) < 4.78 is 30.7. The third-order valence-electron chi connectivity index (χ3n) is 4.76. The summed E-state index contributed by atoms with van der Waals surface area (Å²) in [5, 5.41) is 0.832. The molecular weight excluding hydrogens is 476 g/mol. The molecule has 0 spiro atoms. The van der Waals surface area contributed by atoms with E-state index in [0.717, 1.165) is 5.03 Å². The number of rotatable bonds is 4. The molecule has 0 aliphatic carbocycles. The van der Waals surface area contributed by atoms with Crippen LogP contribution in [0.25, 0.3) is 17.2 Å². The molecule has 4 rings (SSSR count). The van der Waals surface area contributed by atoms with E-state index in [1.807, 2.05) is 6.26 Å². The van der Waals surface area contributed by atoms with Gasteiger partial charge in [-0.25, -0.2) is 23.7 Å². The Morgan fingerprint density at radius 1 is 1.20 bits per heavy atom. The van der Waals surface area contributed by atoms with Crippen LogP contribution in [0.5, 0.6) is 0 Å². The molecule has 0 saturated heterocycles. The number of nitrogens with zero attached hydrogens (tertiary/aromatic N) is 4. The van der Waals surface area contributed by atoms with Crippen LogP contribution in [-0.4, -0.2) is 30.6 Å². The molecule has 30 heavy (non-hydrogen) atoms. The number of hydrogen-bond donors (Lipinski definition) is 1. The van der Waals surface area contributed by atoms with Gasteiger partial charge in [0.2, 0.25) is 0 Å². The third-order valence-corrected chi connectivity index (χ3v) is 6.25. The standard InChI is InChI=1S/C20H16BrF2N5OS/c1-9-4-13(23)11(5-12(9)22)6-14-19-24-7-16(30-3)28(19)8-15(25-14)18-26-17(21)10(2)20(29)27-18/h4-5,7-8H,6H2,1-3H3,(H,26,27,29). The van der Waals surface area contributed by atoms with E-state index in [9.17, 15) is 13.6 Å².